The summed E-state index contributed by atoms with van der Waals surface area (Å²) < 4.78 is 15.0. The van der Waals surface area contributed by atoms with Gasteiger partial charge in [0, 0.05) is 27.5 Å². The summed E-state index contributed by atoms with van der Waals surface area (Å²) in [6.07, 6.45) is 5.52. The zero-order chi connectivity index (χ0) is 18.3. The van der Waals surface area contributed by atoms with E-state index in [9.17, 15) is 4.39 Å². The van der Waals surface area contributed by atoms with Crippen molar-refractivity contribution in [3.8, 4) is 0 Å². The van der Waals surface area contributed by atoms with E-state index in [1.54, 1.807) is 6.07 Å². The Hall–Kier alpha value is -1.96. The number of halogens is 1. The lowest BCUT2D eigenvalue weighted by Gasteiger charge is -2.39. The monoisotopic (exact) mass is 335 g/mol. The molecule has 0 amide bonds. The smallest absolute Gasteiger partial charge is 0.127 e. The zero-order valence-electron chi connectivity index (χ0n) is 16.0. The van der Waals surface area contributed by atoms with Crippen molar-refractivity contribution < 1.29 is 4.39 Å². The Morgan fingerprint density at radius 2 is 1.92 bits per heavy atom. The van der Waals surface area contributed by atoms with E-state index < -0.39 is 5.41 Å². The summed E-state index contributed by atoms with van der Waals surface area (Å²) >= 11 is 0. The highest BCUT2D eigenvalue weighted by Crippen LogP contribution is 2.59. The largest absolute Gasteiger partial charge is 0.300 e. The highest BCUT2D eigenvalue weighted by molar-refractivity contribution is 6.18. The second-order valence-corrected chi connectivity index (χ2v) is 8.58. The van der Waals surface area contributed by atoms with Crippen LogP contribution in [-0.2, 0) is 10.8 Å². The third-order valence-electron chi connectivity index (χ3n) is 6.86. The highest BCUT2D eigenvalue weighted by Gasteiger charge is 2.51. The summed E-state index contributed by atoms with van der Waals surface area (Å²) in [6, 6.07) is 3.53. The van der Waals surface area contributed by atoms with E-state index in [0.29, 0.717) is 11.3 Å². The molecule has 2 atom stereocenters. The quantitative estimate of drug-likeness (QED) is 0.564. The van der Waals surface area contributed by atoms with Gasteiger partial charge in [-0.25, -0.2) is 4.39 Å². The van der Waals surface area contributed by atoms with E-state index in [-0.39, 0.29) is 17.2 Å². The molecule has 0 saturated heterocycles. The van der Waals surface area contributed by atoms with E-state index in [1.807, 2.05) is 6.07 Å². The lowest BCUT2D eigenvalue weighted by Crippen LogP contribution is -2.34. The summed E-state index contributed by atoms with van der Waals surface area (Å²) in [5.41, 5.74) is 7.43. The van der Waals surface area contributed by atoms with Crippen LogP contribution in [0.3, 0.4) is 0 Å². The van der Waals surface area contributed by atoms with E-state index >= 15 is 0 Å². The molecule has 0 heterocycles. The Labute approximate surface area is 149 Å². The van der Waals surface area contributed by atoms with Gasteiger partial charge in [-0.05, 0) is 43.4 Å². The predicted molar refractivity (Wildman–Crippen MR) is 102 cm³/mol. The van der Waals surface area contributed by atoms with Crippen LogP contribution in [0.2, 0.25) is 0 Å². The Morgan fingerprint density at radius 1 is 1.24 bits per heavy atom. The highest BCUT2D eigenvalue weighted by atomic mass is 19.1. The molecule has 2 bridgehead atoms. The number of nitrogens with one attached hydrogen (secondary N) is 1. The molecule has 1 aromatic rings. The van der Waals surface area contributed by atoms with Crippen molar-refractivity contribution in [3.63, 3.8) is 0 Å². The first-order chi connectivity index (χ1) is 11.6. The summed E-state index contributed by atoms with van der Waals surface area (Å²) in [5.74, 6) is 0.0830. The molecule has 3 aliphatic carbocycles. The normalized spacial score (nSPS) is 33.2. The minimum atomic E-state index is -0.418. The van der Waals surface area contributed by atoms with Gasteiger partial charge >= 0.3 is 0 Å². The van der Waals surface area contributed by atoms with Gasteiger partial charge in [0.05, 0.1) is 5.71 Å². The fraction of sp³-hybridized carbons (Fsp3) is 0.435. The summed E-state index contributed by atoms with van der Waals surface area (Å²) in [6.45, 7) is 12.8. The molecule has 1 nitrogen and oxygen atoms in total. The SMILES string of the molecule is C/C=C1\C2=C(C)C(C)(C)c3c(F)ccc(c3C2=N)C2(C)C/C2=C\C1C. The first-order valence-electron chi connectivity index (χ1n) is 9.16. The number of allylic oxidation sites excluding steroid dienone is 6. The van der Waals surface area contributed by atoms with Crippen LogP contribution >= 0.6 is 0 Å². The number of hydrogen-bond acceptors (Lipinski definition) is 1. The van der Waals surface area contributed by atoms with Crippen molar-refractivity contribution in [2.75, 3.05) is 0 Å². The van der Waals surface area contributed by atoms with Gasteiger partial charge in [0.25, 0.3) is 0 Å². The lowest BCUT2D eigenvalue weighted by atomic mass is 9.64. The van der Waals surface area contributed by atoms with Crippen molar-refractivity contribution in [1.82, 2.24) is 0 Å². The molecular weight excluding hydrogens is 309 g/mol. The average Bonchev–Trinajstić information content (AvgIpc) is 3.18. The summed E-state index contributed by atoms with van der Waals surface area (Å²) in [4.78, 5) is 0. The number of fused-ring (bicyclic) bond motifs is 3. The maximum atomic E-state index is 15.0. The van der Waals surface area contributed by atoms with Gasteiger partial charge in [0.2, 0.25) is 0 Å². The van der Waals surface area contributed by atoms with Crippen LogP contribution in [0.4, 0.5) is 4.39 Å². The third kappa shape index (κ3) is 1.91. The molecule has 3 aliphatic rings. The molecule has 1 aromatic carbocycles. The van der Waals surface area contributed by atoms with Crippen LogP contribution in [0, 0.1) is 17.1 Å². The summed E-state index contributed by atoms with van der Waals surface area (Å²) in [7, 11) is 0. The molecule has 1 saturated carbocycles. The molecule has 1 N–H and O–H groups in total. The average molecular weight is 335 g/mol. The summed E-state index contributed by atoms with van der Waals surface area (Å²) in [5, 5.41) is 9.04. The van der Waals surface area contributed by atoms with Crippen molar-refractivity contribution in [1.29, 1.82) is 5.41 Å². The van der Waals surface area contributed by atoms with Gasteiger partial charge in [0.15, 0.2) is 0 Å². The van der Waals surface area contributed by atoms with Gasteiger partial charge in [-0.1, -0.05) is 57.1 Å². The number of hydrogen-bond donors (Lipinski definition) is 1. The molecule has 130 valence electrons. The van der Waals surface area contributed by atoms with Crippen molar-refractivity contribution >= 4 is 5.71 Å². The maximum Gasteiger partial charge on any atom is 0.127 e. The molecule has 0 aliphatic heterocycles. The Bertz CT molecular complexity index is 926. The van der Waals surface area contributed by atoms with Gasteiger partial charge in [-0.15, -0.1) is 0 Å². The van der Waals surface area contributed by atoms with Gasteiger partial charge < -0.3 is 0 Å². The van der Waals surface area contributed by atoms with Crippen LogP contribution < -0.4 is 0 Å². The lowest BCUT2D eigenvalue weighted by molar-refractivity contribution is 0.532. The predicted octanol–water partition coefficient (Wildman–Crippen LogP) is 5.99. The second-order valence-electron chi connectivity index (χ2n) is 8.58. The van der Waals surface area contributed by atoms with E-state index in [2.05, 4.69) is 53.7 Å². The van der Waals surface area contributed by atoms with Crippen molar-refractivity contribution in [2.45, 2.75) is 58.8 Å². The van der Waals surface area contributed by atoms with Crippen molar-refractivity contribution in [2.24, 2.45) is 5.92 Å². The third-order valence-corrected chi connectivity index (χ3v) is 6.86. The van der Waals surface area contributed by atoms with E-state index in [0.717, 1.165) is 28.7 Å². The van der Waals surface area contributed by atoms with Crippen molar-refractivity contribution in [3.05, 3.63) is 69.1 Å². The minimum Gasteiger partial charge on any atom is -0.300 e. The minimum absolute atomic E-state index is 0.0476. The van der Waals surface area contributed by atoms with E-state index in [1.165, 1.54) is 11.1 Å². The van der Waals surface area contributed by atoms with Crippen LogP contribution in [-0.4, -0.2) is 5.71 Å². The molecule has 0 spiro atoms. The number of benzene rings is 1. The fourth-order valence-electron chi connectivity index (χ4n) is 4.96. The van der Waals surface area contributed by atoms with Crippen LogP contribution in [0.5, 0.6) is 0 Å². The number of rotatable bonds is 0. The molecule has 2 heteroatoms. The first kappa shape index (κ1) is 16.5. The molecule has 0 aromatic heterocycles. The fourth-order valence-corrected chi connectivity index (χ4v) is 4.96. The molecule has 1 fully saturated rings. The van der Waals surface area contributed by atoms with Crippen LogP contribution in [0.1, 0.15) is 64.7 Å². The topological polar surface area (TPSA) is 23.9 Å². The van der Waals surface area contributed by atoms with Gasteiger partial charge in [-0.3, -0.25) is 5.41 Å². The van der Waals surface area contributed by atoms with Gasteiger partial charge in [0.1, 0.15) is 5.82 Å². The molecule has 2 unspecified atom stereocenters. The Kier molecular flexibility index (Phi) is 3.18. The standard InChI is InChI=1S/C23H26FN/c1-7-15-12(2)10-14-11-23(14,6)16-8-9-17(24)20-19(16)21(25)18(15)13(3)22(20,4)5/h7-10,12,25H,11H2,1-6H3/b14-10+,15-7-,25-21?. The van der Waals surface area contributed by atoms with Gasteiger partial charge in [-0.2, -0.15) is 0 Å². The molecular formula is C23H26FN. The first-order valence-corrected chi connectivity index (χ1v) is 9.16. The Balaban J connectivity index is 2.19. The molecule has 0 radical (unpaired) electrons. The van der Waals surface area contributed by atoms with Crippen LogP contribution in [0.15, 0.2) is 46.6 Å². The molecule has 4 rings (SSSR count). The van der Waals surface area contributed by atoms with Crippen LogP contribution in [0.25, 0.3) is 0 Å². The Morgan fingerprint density at radius 3 is 2.56 bits per heavy atom. The zero-order valence-corrected chi connectivity index (χ0v) is 16.0. The van der Waals surface area contributed by atoms with E-state index in [4.69, 9.17) is 5.41 Å². The molecule has 25 heavy (non-hydrogen) atoms. The maximum absolute atomic E-state index is 15.0. The second kappa shape index (κ2) is 4.81.